The molecule has 1 N–H and O–H groups in total. The predicted molar refractivity (Wildman–Crippen MR) is 72.8 cm³/mol. The molecular formula is C16H17FO2. The molecule has 3 heteroatoms. The van der Waals surface area contributed by atoms with Crippen LogP contribution in [0, 0.1) is 19.7 Å². The summed E-state index contributed by atoms with van der Waals surface area (Å²) in [5.41, 5.74) is 3.11. The van der Waals surface area contributed by atoms with E-state index >= 15 is 0 Å². The second-order valence-corrected chi connectivity index (χ2v) is 4.63. The molecule has 0 aromatic heterocycles. The summed E-state index contributed by atoms with van der Waals surface area (Å²) in [5.74, 6) is 0.0704. The van der Waals surface area contributed by atoms with Crippen molar-refractivity contribution in [2.45, 2.75) is 20.0 Å². The third kappa shape index (κ3) is 3.55. The molecule has 0 bridgehead atoms. The van der Waals surface area contributed by atoms with Crippen molar-refractivity contribution < 1.29 is 14.2 Å². The molecule has 1 unspecified atom stereocenters. The van der Waals surface area contributed by atoms with E-state index in [1.165, 1.54) is 17.7 Å². The Morgan fingerprint density at radius 1 is 1.11 bits per heavy atom. The quantitative estimate of drug-likeness (QED) is 0.910. The van der Waals surface area contributed by atoms with Crippen molar-refractivity contribution in [2.24, 2.45) is 0 Å². The molecule has 0 fully saturated rings. The molecule has 0 aliphatic carbocycles. The van der Waals surface area contributed by atoms with Gasteiger partial charge in [0.05, 0.1) is 0 Å². The van der Waals surface area contributed by atoms with Crippen LogP contribution in [-0.4, -0.2) is 11.7 Å². The molecular weight excluding hydrogens is 243 g/mol. The number of rotatable bonds is 4. The maximum atomic E-state index is 13.0. The topological polar surface area (TPSA) is 29.5 Å². The number of aliphatic hydroxyl groups excluding tert-OH is 1. The Kier molecular flexibility index (Phi) is 4.17. The molecule has 19 heavy (non-hydrogen) atoms. The summed E-state index contributed by atoms with van der Waals surface area (Å²) in [5, 5.41) is 10.0. The second-order valence-electron chi connectivity index (χ2n) is 4.63. The van der Waals surface area contributed by atoms with Gasteiger partial charge < -0.3 is 9.84 Å². The lowest BCUT2D eigenvalue weighted by Crippen LogP contribution is -2.10. The first-order valence-corrected chi connectivity index (χ1v) is 6.20. The van der Waals surface area contributed by atoms with Crippen molar-refractivity contribution in [1.29, 1.82) is 0 Å². The molecule has 1 atom stereocenters. The number of hydrogen-bond donors (Lipinski definition) is 1. The highest BCUT2D eigenvalue weighted by Gasteiger charge is 2.09. The summed E-state index contributed by atoms with van der Waals surface area (Å²) in [6.45, 7) is 4.12. The van der Waals surface area contributed by atoms with Crippen LogP contribution < -0.4 is 4.74 Å². The van der Waals surface area contributed by atoms with Crippen molar-refractivity contribution in [3.63, 3.8) is 0 Å². The second kappa shape index (κ2) is 5.85. The van der Waals surface area contributed by atoms with Crippen LogP contribution in [0.2, 0.25) is 0 Å². The molecule has 2 rings (SSSR count). The smallest absolute Gasteiger partial charge is 0.126 e. The summed E-state index contributed by atoms with van der Waals surface area (Å²) < 4.78 is 18.4. The fourth-order valence-electron chi connectivity index (χ4n) is 1.80. The largest absolute Gasteiger partial charge is 0.490 e. The molecule has 0 saturated heterocycles. The third-order valence-corrected chi connectivity index (χ3v) is 3.12. The van der Waals surface area contributed by atoms with E-state index in [1.807, 2.05) is 32.0 Å². The Morgan fingerprint density at radius 2 is 1.89 bits per heavy atom. The number of ether oxygens (including phenoxy) is 1. The van der Waals surface area contributed by atoms with Gasteiger partial charge >= 0.3 is 0 Å². The minimum atomic E-state index is -0.720. The highest BCUT2D eigenvalue weighted by Crippen LogP contribution is 2.19. The van der Waals surface area contributed by atoms with Crippen LogP contribution in [-0.2, 0) is 0 Å². The number of halogens is 1. The third-order valence-electron chi connectivity index (χ3n) is 3.12. The molecule has 2 aromatic carbocycles. The molecule has 0 amide bonds. The first-order valence-electron chi connectivity index (χ1n) is 6.20. The van der Waals surface area contributed by atoms with E-state index in [0.717, 1.165) is 11.1 Å². The molecule has 0 aliphatic rings. The molecule has 2 aromatic rings. The Labute approximate surface area is 112 Å². The van der Waals surface area contributed by atoms with Gasteiger partial charge in [-0.2, -0.15) is 0 Å². The summed E-state index contributed by atoms with van der Waals surface area (Å²) in [4.78, 5) is 0. The average molecular weight is 260 g/mol. The lowest BCUT2D eigenvalue weighted by atomic mass is 10.0. The highest BCUT2D eigenvalue weighted by atomic mass is 19.1. The standard InChI is InChI=1S/C16H17FO2/c1-11-6-7-13(8-12(11)2)16(18)10-19-15-5-3-4-14(17)9-15/h3-9,16,18H,10H2,1-2H3. The number of hydrogen-bond acceptors (Lipinski definition) is 2. The van der Waals surface area contributed by atoms with E-state index in [4.69, 9.17) is 4.74 Å². The van der Waals surface area contributed by atoms with Crippen molar-refractivity contribution >= 4 is 0 Å². The molecule has 2 nitrogen and oxygen atoms in total. The summed E-state index contributed by atoms with van der Waals surface area (Å²) >= 11 is 0. The van der Waals surface area contributed by atoms with Gasteiger partial charge in [-0.3, -0.25) is 0 Å². The Bertz CT molecular complexity index is 566. The molecule has 0 radical (unpaired) electrons. The summed E-state index contributed by atoms with van der Waals surface area (Å²) in [6.07, 6.45) is -0.720. The van der Waals surface area contributed by atoms with E-state index in [-0.39, 0.29) is 12.4 Å². The van der Waals surface area contributed by atoms with Crippen molar-refractivity contribution in [2.75, 3.05) is 6.61 Å². The number of aliphatic hydroxyl groups is 1. The zero-order valence-electron chi connectivity index (χ0n) is 11.1. The van der Waals surface area contributed by atoms with E-state index in [0.29, 0.717) is 5.75 Å². The summed E-state index contributed by atoms with van der Waals surface area (Å²) in [6, 6.07) is 11.7. The van der Waals surface area contributed by atoms with Crippen molar-refractivity contribution in [3.8, 4) is 5.75 Å². The Balaban J connectivity index is 2.01. The monoisotopic (exact) mass is 260 g/mol. The van der Waals surface area contributed by atoms with Gasteiger partial charge in [0.1, 0.15) is 24.3 Å². The molecule has 0 aliphatic heterocycles. The van der Waals surface area contributed by atoms with Crippen LogP contribution in [0.1, 0.15) is 22.8 Å². The first kappa shape index (κ1) is 13.6. The lowest BCUT2D eigenvalue weighted by molar-refractivity contribution is 0.108. The van der Waals surface area contributed by atoms with Crippen molar-refractivity contribution in [3.05, 3.63) is 65.0 Å². The summed E-state index contributed by atoms with van der Waals surface area (Å²) in [7, 11) is 0. The number of aryl methyl sites for hydroxylation is 2. The van der Waals surface area contributed by atoms with Crippen LogP contribution in [0.4, 0.5) is 4.39 Å². The van der Waals surface area contributed by atoms with Crippen molar-refractivity contribution in [1.82, 2.24) is 0 Å². The van der Waals surface area contributed by atoms with E-state index in [1.54, 1.807) is 12.1 Å². The fourth-order valence-corrected chi connectivity index (χ4v) is 1.80. The SMILES string of the molecule is Cc1ccc(C(O)COc2cccc(F)c2)cc1C. The predicted octanol–water partition coefficient (Wildman–Crippen LogP) is 3.55. The van der Waals surface area contributed by atoms with Crippen LogP contribution >= 0.6 is 0 Å². The highest BCUT2D eigenvalue weighted by molar-refractivity contribution is 5.31. The zero-order valence-corrected chi connectivity index (χ0v) is 11.1. The molecule has 0 heterocycles. The van der Waals surface area contributed by atoms with E-state index < -0.39 is 6.10 Å². The van der Waals surface area contributed by atoms with Gasteiger partial charge in [0.2, 0.25) is 0 Å². The maximum Gasteiger partial charge on any atom is 0.126 e. The zero-order chi connectivity index (χ0) is 13.8. The number of benzene rings is 2. The lowest BCUT2D eigenvalue weighted by Gasteiger charge is -2.14. The van der Waals surface area contributed by atoms with Gasteiger partial charge in [0, 0.05) is 6.07 Å². The normalized spacial score (nSPS) is 12.2. The maximum absolute atomic E-state index is 13.0. The molecule has 0 saturated carbocycles. The molecule has 0 spiro atoms. The Hall–Kier alpha value is -1.87. The Morgan fingerprint density at radius 3 is 2.58 bits per heavy atom. The van der Waals surface area contributed by atoms with Gasteiger partial charge in [-0.15, -0.1) is 0 Å². The van der Waals surface area contributed by atoms with E-state index in [2.05, 4.69) is 0 Å². The van der Waals surface area contributed by atoms with Gasteiger partial charge in [0.25, 0.3) is 0 Å². The minimum Gasteiger partial charge on any atom is -0.490 e. The van der Waals surface area contributed by atoms with Gasteiger partial charge in [0.15, 0.2) is 0 Å². The van der Waals surface area contributed by atoms with E-state index in [9.17, 15) is 9.50 Å². The van der Waals surface area contributed by atoms with Gasteiger partial charge in [-0.25, -0.2) is 4.39 Å². The van der Waals surface area contributed by atoms with Gasteiger partial charge in [-0.05, 0) is 42.7 Å². The molecule has 100 valence electrons. The first-order chi connectivity index (χ1) is 9.06. The van der Waals surface area contributed by atoms with Gasteiger partial charge in [-0.1, -0.05) is 24.3 Å². The minimum absolute atomic E-state index is 0.103. The van der Waals surface area contributed by atoms with Crippen LogP contribution in [0.15, 0.2) is 42.5 Å². The van der Waals surface area contributed by atoms with Crippen LogP contribution in [0.25, 0.3) is 0 Å². The van der Waals surface area contributed by atoms with Crippen LogP contribution in [0.3, 0.4) is 0 Å². The fraction of sp³-hybridized carbons (Fsp3) is 0.250. The average Bonchev–Trinajstić information content (AvgIpc) is 2.39. The van der Waals surface area contributed by atoms with Crippen LogP contribution in [0.5, 0.6) is 5.75 Å².